The van der Waals surface area contributed by atoms with E-state index in [0.29, 0.717) is 32.2 Å². The number of hydrogen-bond donors (Lipinski definition) is 1. The Balaban J connectivity index is 1.87. The molecule has 1 saturated heterocycles. The summed E-state index contributed by atoms with van der Waals surface area (Å²) in [5.41, 5.74) is 0. The van der Waals surface area contributed by atoms with Crippen LogP contribution in [0.3, 0.4) is 0 Å². The van der Waals surface area contributed by atoms with Gasteiger partial charge >= 0.3 is 0 Å². The van der Waals surface area contributed by atoms with Crippen molar-refractivity contribution in [3.63, 3.8) is 0 Å². The van der Waals surface area contributed by atoms with E-state index in [1.807, 2.05) is 13.8 Å². The van der Waals surface area contributed by atoms with Gasteiger partial charge in [-0.2, -0.15) is 0 Å². The average molecular weight is 296 g/mol. The van der Waals surface area contributed by atoms with Crippen molar-refractivity contribution in [1.82, 2.24) is 10.2 Å². The molecule has 2 unspecified atom stereocenters. The topological polar surface area (TPSA) is 58.6 Å². The van der Waals surface area contributed by atoms with Crippen molar-refractivity contribution >= 4 is 11.8 Å². The molecule has 2 aliphatic rings. The molecule has 5 heteroatoms. The van der Waals surface area contributed by atoms with Crippen LogP contribution in [0.4, 0.5) is 0 Å². The van der Waals surface area contributed by atoms with E-state index in [1.165, 1.54) is 12.8 Å². The van der Waals surface area contributed by atoms with Crippen LogP contribution in [0.5, 0.6) is 0 Å². The van der Waals surface area contributed by atoms with Crippen LogP contribution in [0.25, 0.3) is 0 Å². The first-order chi connectivity index (χ1) is 10.1. The van der Waals surface area contributed by atoms with Crippen LogP contribution in [0.15, 0.2) is 0 Å². The Hall–Kier alpha value is -1.10. The van der Waals surface area contributed by atoms with E-state index in [4.69, 9.17) is 4.74 Å². The Kier molecular flexibility index (Phi) is 6.03. The van der Waals surface area contributed by atoms with Gasteiger partial charge in [0.05, 0.1) is 12.7 Å². The lowest BCUT2D eigenvalue weighted by atomic mass is 9.98. The summed E-state index contributed by atoms with van der Waals surface area (Å²) in [5, 5.41) is 2.87. The molecule has 21 heavy (non-hydrogen) atoms. The zero-order valence-electron chi connectivity index (χ0n) is 13.3. The van der Waals surface area contributed by atoms with Gasteiger partial charge < -0.3 is 15.0 Å². The second-order valence-electron chi connectivity index (χ2n) is 6.28. The first kappa shape index (κ1) is 16.3. The van der Waals surface area contributed by atoms with Gasteiger partial charge in [-0.25, -0.2) is 0 Å². The van der Waals surface area contributed by atoms with E-state index >= 15 is 0 Å². The number of hydrogen-bond acceptors (Lipinski definition) is 3. The number of nitrogens with one attached hydrogen (secondary N) is 1. The lowest BCUT2D eigenvalue weighted by molar-refractivity contribution is -0.135. The first-order valence-corrected chi connectivity index (χ1v) is 8.31. The van der Waals surface area contributed by atoms with Crippen molar-refractivity contribution in [3.8, 4) is 0 Å². The molecule has 0 aromatic rings. The Morgan fingerprint density at radius 1 is 1.33 bits per heavy atom. The van der Waals surface area contributed by atoms with Crippen molar-refractivity contribution in [2.45, 2.75) is 64.5 Å². The lowest BCUT2D eigenvalue weighted by Gasteiger charge is -2.27. The normalized spacial score (nSPS) is 25.8. The summed E-state index contributed by atoms with van der Waals surface area (Å²) in [5.74, 6) is 0.191. The summed E-state index contributed by atoms with van der Waals surface area (Å²) in [4.78, 5) is 26.1. The fraction of sp³-hybridized carbons (Fsp3) is 0.875. The van der Waals surface area contributed by atoms with Crippen LogP contribution >= 0.6 is 0 Å². The highest BCUT2D eigenvalue weighted by Gasteiger charge is 2.32. The van der Waals surface area contributed by atoms with E-state index in [2.05, 4.69) is 5.32 Å². The molecule has 0 radical (unpaired) electrons. The highest BCUT2D eigenvalue weighted by molar-refractivity contribution is 5.90. The molecule has 0 aromatic carbocycles. The molecule has 0 aromatic heterocycles. The minimum Gasteiger partial charge on any atom is -0.376 e. The molecule has 120 valence electrons. The maximum atomic E-state index is 12.6. The molecular weight excluding hydrogens is 268 g/mol. The standard InChI is InChI=1S/C16H28N2O3/c1-3-12(2)15-16(20)18(9-8-14(19)17-15)10-11-21-13-6-4-5-7-13/h12-13,15H,3-11H2,1-2H3,(H,17,19). The van der Waals surface area contributed by atoms with Crippen molar-refractivity contribution < 1.29 is 14.3 Å². The molecule has 1 aliphatic carbocycles. The van der Waals surface area contributed by atoms with Crippen molar-refractivity contribution in [2.24, 2.45) is 5.92 Å². The van der Waals surface area contributed by atoms with Gasteiger partial charge in [-0.15, -0.1) is 0 Å². The van der Waals surface area contributed by atoms with E-state index in [0.717, 1.165) is 19.3 Å². The third-order valence-electron chi connectivity index (χ3n) is 4.73. The third kappa shape index (κ3) is 4.43. The molecule has 0 spiro atoms. The first-order valence-electron chi connectivity index (χ1n) is 8.31. The minimum atomic E-state index is -0.378. The zero-order chi connectivity index (χ0) is 15.2. The second-order valence-corrected chi connectivity index (χ2v) is 6.28. The van der Waals surface area contributed by atoms with Crippen LogP contribution < -0.4 is 5.32 Å². The molecule has 1 heterocycles. The Labute approximate surface area is 127 Å². The van der Waals surface area contributed by atoms with Gasteiger partial charge in [-0.3, -0.25) is 9.59 Å². The predicted molar refractivity (Wildman–Crippen MR) is 80.8 cm³/mol. The van der Waals surface area contributed by atoms with Crippen molar-refractivity contribution in [3.05, 3.63) is 0 Å². The minimum absolute atomic E-state index is 0.0205. The average Bonchev–Trinajstić information content (AvgIpc) is 2.95. The zero-order valence-corrected chi connectivity index (χ0v) is 13.3. The molecule has 0 bridgehead atoms. The monoisotopic (exact) mass is 296 g/mol. The van der Waals surface area contributed by atoms with Gasteiger partial charge in [-0.05, 0) is 18.8 Å². The van der Waals surface area contributed by atoms with E-state index in [-0.39, 0.29) is 23.8 Å². The molecule has 1 aliphatic heterocycles. The third-order valence-corrected chi connectivity index (χ3v) is 4.73. The highest BCUT2D eigenvalue weighted by Crippen LogP contribution is 2.21. The number of carbonyl (C=O) groups is 2. The summed E-state index contributed by atoms with van der Waals surface area (Å²) < 4.78 is 5.84. The number of nitrogens with zero attached hydrogens (tertiary/aromatic N) is 1. The molecule has 2 fully saturated rings. The Morgan fingerprint density at radius 2 is 2.05 bits per heavy atom. The maximum absolute atomic E-state index is 12.6. The molecular formula is C16H28N2O3. The molecule has 5 nitrogen and oxygen atoms in total. The number of ether oxygens (including phenoxy) is 1. The Bertz CT molecular complexity index is 367. The van der Waals surface area contributed by atoms with E-state index in [1.54, 1.807) is 4.90 Å². The van der Waals surface area contributed by atoms with Crippen LogP contribution in [0, 0.1) is 5.92 Å². The predicted octanol–water partition coefficient (Wildman–Crippen LogP) is 1.71. The van der Waals surface area contributed by atoms with Gasteiger partial charge in [0.1, 0.15) is 6.04 Å². The van der Waals surface area contributed by atoms with Gasteiger partial charge in [0.25, 0.3) is 0 Å². The smallest absolute Gasteiger partial charge is 0.245 e. The lowest BCUT2D eigenvalue weighted by Crippen LogP contribution is -2.49. The molecule has 2 amide bonds. The summed E-state index contributed by atoms with van der Waals surface area (Å²) in [7, 11) is 0. The van der Waals surface area contributed by atoms with Crippen LogP contribution in [0.1, 0.15) is 52.4 Å². The maximum Gasteiger partial charge on any atom is 0.245 e. The van der Waals surface area contributed by atoms with Crippen molar-refractivity contribution in [2.75, 3.05) is 19.7 Å². The number of carbonyl (C=O) groups excluding carboxylic acids is 2. The SMILES string of the molecule is CCC(C)C1NC(=O)CCN(CCOC2CCCC2)C1=O. The summed E-state index contributed by atoms with van der Waals surface area (Å²) in [6.07, 6.45) is 6.43. The molecule has 2 rings (SSSR count). The van der Waals surface area contributed by atoms with E-state index < -0.39 is 0 Å². The van der Waals surface area contributed by atoms with Gasteiger partial charge in [0.2, 0.25) is 11.8 Å². The summed E-state index contributed by atoms with van der Waals surface area (Å²) in [6, 6.07) is -0.378. The highest BCUT2D eigenvalue weighted by atomic mass is 16.5. The summed E-state index contributed by atoms with van der Waals surface area (Å²) in [6.45, 7) is 5.74. The fourth-order valence-corrected chi connectivity index (χ4v) is 3.08. The van der Waals surface area contributed by atoms with Gasteiger partial charge in [0.15, 0.2) is 0 Å². The Morgan fingerprint density at radius 3 is 2.71 bits per heavy atom. The van der Waals surface area contributed by atoms with Crippen LogP contribution in [-0.2, 0) is 14.3 Å². The molecule has 1 N–H and O–H groups in total. The fourth-order valence-electron chi connectivity index (χ4n) is 3.08. The van der Waals surface area contributed by atoms with Crippen molar-refractivity contribution in [1.29, 1.82) is 0 Å². The second kappa shape index (κ2) is 7.78. The molecule has 2 atom stereocenters. The van der Waals surface area contributed by atoms with Crippen LogP contribution in [-0.4, -0.2) is 48.6 Å². The quantitative estimate of drug-likeness (QED) is 0.812. The number of amides is 2. The molecule has 1 saturated carbocycles. The van der Waals surface area contributed by atoms with Gasteiger partial charge in [-0.1, -0.05) is 33.1 Å². The van der Waals surface area contributed by atoms with Crippen LogP contribution in [0.2, 0.25) is 0 Å². The largest absolute Gasteiger partial charge is 0.376 e. The summed E-state index contributed by atoms with van der Waals surface area (Å²) >= 11 is 0. The van der Waals surface area contributed by atoms with Gasteiger partial charge in [0, 0.05) is 19.5 Å². The van der Waals surface area contributed by atoms with E-state index in [9.17, 15) is 9.59 Å². The number of rotatable bonds is 6.